The lowest BCUT2D eigenvalue weighted by Gasteiger charge is -2.18. The number of aliphatic hydroxyl groups excluding tert-OH is 1. The summed E-state index contributed by atoms with van der Waals surface area (Å²) in [7, 11) is -3.33. The van der Waals surface area contributed by atoms with Crippen molar-refractivity contribution in [2.24, 2.45) is 0 Å². The third-order valence-electron chi connectivity index (χ3n) is 2.27. The van der Waals surface area contributed by atoms with Crippen molar-refractivity contribution in [1.29, 1.82) is 0 Å². The van der Waals surface area contributed by atoms with Crippen LogP contribution in [0.1, 0.15) is 18.6 Å². The Labute approximate surface area is 124 Å². The molecule has 0 aromatic heterocycles. The first-order valence-electron chi connectivity index (χ1n) is 4.78. The molecule has 0 aliphatic heterocycles. The van der Waals surface area contributed by atoms with E-state index in [1.165, 1.54) is 19.1 Å². The average molecular weight is 409 g/mol. The summed E-state index contributed by atoms with van der Waals surface area (Å²) in [6, 6.07) is 4.57. The zero-order valence-corrected chi connectivity index (χ0v) is 13.4. The van der Waals surface area contributed by atoms with E-state index in [-0.39, 0.29) is 10.8 Å². The van der Waals surface area contributed by atoms with Crippen molar-refractivity contribution in [3.63, 3.8) is 0 Å². The van der Waals surface area contributed by atoms with E-state index in [1.807, 2.05) is 0 Å². The Hall–Kier alpha value is 0.440. The molecule has 0 unspecified atom stereocenters. The van der Waals surface area contributed by atoms with Crippen molar-refractivity contribution in [3.8, 4) is 0 Å². The van der Waals surface area contributed by atoms with Crippen LogP contribution in [0.3, 0.4) is 0 Å². The maximum Gasteiger partial charge on any atom is 0.164 e. The van der Waals surface area contributed by atoms with Gasteiger partial charge in [-0.05, 0) is 12.1 Å². The van der Waals surface area contributed by atoms with Crippen LogP contribution in [-0.4, -0.2) is 22.5 Å². The van der Waals surface area contributed by atoms with Gasteiger partial charge in [0, 0.05) is 21.4 Å². The normalized spacial score (nSPS) is 15.6. The minimum atomic E-state index is -3.33. The van der Waals surface area contributed by atoms with Crippen molar-refractivity contribution in [3.05, 3.63) is 33.8 Å². The second-order valence-corrected chi connectivity index (χ2v) is 8.86. The predicted molar refractivity (Wildman–Crippen MR) is 78.7 cm³/mol. The molecule has 1 aromatic rings. The first kappa shape index (κ1) is 15.5. The Morgan fingerprint density at radius 1 is 1.41 bits per heavy atom. The second kappa shape index (κ2) is 6.06. The Morgan fingerprint density at radius 2 is 2.00 bits per heavy atom. The molecule has 1 rings (SSSR count). The Morgan fingerprint density at radius 3 is 2.47 bits per heavy atom. The summed E-state index contributed by atoms with van der Waals surface area (Å²) in [6.45, 7) is 1.54. The molecule has 0 saturated heterocycles. The van der Waals surface area contributed by atoms with E-state index in [0.717, 1.165) is 0 Å². The molecule has 1 aromatic carbocycles. The highest BCUT2D eigenvalue weighted by Crippen LogP contribution is 2.33. The SMILES string of the molecule is CCS(=O)(=O)[C@@H](I)[C@H](O)c1ccc(Cl)cc1Cl. The molecule has 0 aliphatic carbocycles. The monoisotopic (exact) mass is 408 g/mol. The average Bonchev–Trinajstić information content (AvgIpc) is 2.27. The lowest BCUT2D eigenvalue weighted by Crippen LogP contribution is -2.24. The van der Waals surface area contributed by atoms with Gasteiger partial charge in [-0.3, -0.25) is 0 Å². The third kappa shape index (κ3) is 3.70. The van der Waals surface area contributed by atoms with Crippen molar-refractivity contribution < 1.29 is 13.5 Å². The van der Waals surface area contributed by atoms with E-state index in [4.69, 9.17) is 23.2 Å². The van der Waals surface area contributed by atoms with Gasteiger partial charge in [0.25, 0.3) is 0 Å². The minimum Gasteiger partial charge on any atom is -0.386 e. The van der Waals surface area contributed by atoms with Gasteiger partial charge >= 0.3 is 0 Å². The minimum absolute atomic E-state index is 0.0249. The van der Waals surface area contributed by atoms with Gasteiger partial charge in [-0.25, -0.2) is 8.42 Å². The van der Waals surface area contributed by atoms with Gasteiger partial charge in [0.05, 0.1) is 0 Å². The highest BCUT2D eigenvalue weighted by atomic mass is 127. The first-order chi connectivity index (χ1) is 7.79. The molecule has 0 spiro atoms. The largest absolute Gasteiger partial charge is 0.386 e. The van der Waals surface area contributed by atoms with Crippen LogP contribution in [0.25, 0.3) is 0 Å². The predicted octanol–water partition coefficient (Wildman–Crippen LogP) is 3.22. The van der Waals surface area contributed by atoms with Gasteiger partial charge in [-0.15, -0.1) is 0 Å². The van der Waals surface area contributed by atoms with Crippen LogP contribution in [0.2, 0.25) is 10.0 Å². The Balaban J connectivity index is 3.09. The lowest BCUT2D eigenvalue weighted by atomic mass is 10.1. The van der Waals surface area contributed by atoms with Crippen LogP contribution in [-0.2, 0) is 9.84 Å². The molecule has 0 bridgehead atoms. The third-order valence-corrected chi connectivity index (χ3v) is 7.59. The fraction of sp³-hybridized carbons (Fsp3) is 0.400. The van der Waals surface area contributed by atoms with E-state index in [9.17, 15) is 13.5 Å². The van der Waals surface area contributed by atoms with Crippen molar-refractivity contribution in [2.75, 3.05) is 5.75 Å². The fourth-order valence-electron chi connectivity index (χ4n) is 1.24. The quantitative estimate of drug-likeness (QED) is 0.614. The van der Waals surface area contributed by atoms with Gasteiger partial charge in [-0.1, -0.05) is 58.8 Å². The molecule has 2 atom stereocenters. The molecule has 0 heterocycles. The van der Waals surface area contributed by atoms with E-state index >= 15 is 0 Å². The summed E-state index contributed by atoms with van der Waals surface area (Å²) in [6.07, 6.45) is -1.16. The van der Waals surface area contributed by atoms with Crippen LogP contribution >= 0.6 is 45.8 Å². The molecule has 17 heavy (non-hydrogen) atoms. The first-order valence-corrected chi connectivity index (χ1v) is 8.50. The molecule has 1 N–H and O–H groups in total. The van der Waals surface area contributed by atoms with Gasteiger partial charge in [0.15, 0.2) is 9.84 Å². The molecular weight excluding hydrogens is 398 g/mol. The maximum absolute atomic E-state index is 11.7. The van der Waals surface area contributed by atoms with E-state index in [1.54, 1.807) is 28.7 Å². The summed E-state index contributed by atoms with van der Waals surface area (Å²) in [5, 5.41) is 10.7. The molecule has 7 heteroatoms. The number of sulfone groups is 1. The Kier molecular flexibility index (Phi) is 5.52. The molecule has 0 amide bonds. The fourth-order valence-corrected chi connectivity index (χ4v) is 4.08. The topological polar surface area (TPSA) is 54.4 Å². The zero-order valence-electron chi connectivity index (χ0n) is 8.90. The smallest absolute Gasteiger partial charge is 0.164 e. The second-order valence-electron chi connectivity index (χ2n) is 3.41. The molecule has 0 saturated carbocycles. The van der Waals surface area contributed by atoms with Gasteiger partial charge in [0.2, 0.25) is 0 Å². The molecule has 0 aliphatic rings. The number of hydrogen-bond acceptors (Lipinski definition) is 3. The highest BCUT2D eigenvalue weighted by Gasteiger charge is 2.30. The molecular formula is C10H11Cl2IO3S. The zero-order chi connectivity index (χ0) is 13.2. The van der Waals surface area contributed by atoms with Gasteiger partial charge in [0.1, 0.15) is 9.36 Å². The number of hydrogen-bond donors (Lipinski definition) is 1. The number of alkyl halides is 1. The van der Waals surface area contributed by atoms with Crippen LogP contribution < -0.4 is 0 Å². The summed E-state index contributed by atoms with van der Waals surface area (Å²) in [4.78, 5) is 0. The van der Waals surface area contributed by atoms with Crippen molar-refractivity contribution in [2.45, 2.75) is 16.3 Å². The van der Waals surface area contributed by atoms with Crippen LogP contribution in [0, 0.1) is 0 Å². The van der Waals surface area contributed by atoms with Crippen LogP contribution in [0.15, 0.2) is 18.2 Å². The maximum atomic E-state index is 11.7. The summed E-state index contributed by atoms with van der Waals surface area (Å²) < 4.78 is 22.4. The molecule has 0 fully saturated rings. The van der Waals surface area contributed by atoms with E-state index < -0.39 is 19.2 Å². The van der Waals surface area contributed by atoms with Crippen LogP contribution in [0.4, 0.5) is 0 Å². The molecule has 3 nitrogen and oxygen atoms in total. The van der Waals surface area contributed by atoms with Crippen molar-refractivity contribution in [1.82, 2.24) is 0 Å². The number of benzene rings is 1. The van der Waals surface area contributed by atoms with E-state index in [2.05, 4.69) is 0 Å². The summed E-state index contributed by atoms with van der Waals surface area (Å²) in [5.74, 6) is -0.0249. The molecule has 0 radical (unpaired) electrons. The summed E-state index contributed by atoms with van der Waals surface area (Å²) in [5.41, 5.74) is 0.368. The lowest BCUT2D eigenvalue weighted by molar-refractivity contribution is 0.197. The number of halogens is 3. The highest BCUT2D eigenvalue weighted by molar-refractivity contribution is 14.1. The summed E-state index contributed by atoms with van der Waals surface area (Å²) >= 11 is 13.4. The number of rotatable bonds is 4. The van der Waals surface area contributed by atoms with Gasteiger partial charge < -0.3 is 5.11 Å². The molecule has 96 valence electrons. The standard InChI is InChI=1S/C10H11Cl2IO3S/c1-2-17(15,16)10(13)9(14)7-4-3-6(11)5-8(7)12/h3-5,9-10,14H,2H2,1H3/t9-,10-/m1/s1. The van der Waals surface area contributed by atoms with Crippen molar-refractivity contribution >= 4 is 55.6 Å². The van der Waals surface area contributed by atoms with Crippen LogP contribution in [0.5, 0.6) is 0 Å². The van der Waals surface area contributed by atoms with Gasteiger partial charge in [-0.2, -0.15) is 0 Å². The number of aliphatic hydroxyl groups is 1. The Bertz CT molecular complexity index is 504. The van der Waals surface area contributed by atoms with E-state index in [0.29, 0.717) is 10.6 Å².